The summed E-state index contributed by atoms with van der Waals surface area (Å²) in [6.45, 7) is 4.70. The smallest absolute Gasteiger partial charge is 0.120 e. The molecule has 1 saturated carbocycles. The van der Waals surface area contributed by atoms with Gasteiger partial charge in [0.15, 0.2) is 0 Å². The molecule has 1 heterocycles. The molecular formula is C13H20N2S. The maximum atomic E-state index is 5.74. The summed E-state index contributed by atoms with van der Waals surface area (Å²) < 4.78 is 2.27. The summed E-state index contributed by atoms with van der Waals surface area (Å²) in [5.41, 5.74) is 6.75. The second-order valence-electron chi connectivity index (χ2n) is 5.09. The molecule has 2 rings (SSSR count). The molecule has 0 aliphatic heterocycles. The Morgan fingerprint density at radius 1 is 1.38 bits per heavy atom. The first-order chi connectivity index (χ1) is 7.59. The van der Waals surface area contributed by atoms with Crippen molar-refractivity contribution in [3.8, 4) is 0 Å². The zero-order chi connectivity index (χ0) is 11.7. The Hall–Kier alpha value is -0.830. The lowest BCUT2D eigenvalue weighted by atomic mass is 9.79. The van der Waals surface area contributed by atoms with Gasteiger partial charge >= 0.3 is 0 Å². The van der Waals surface area contributed by atoms with Crippen LogP contribution in [0.5, 0.6) is 0 Å². The van der Waals surface area contributed by atoms with Crippen molar-refractivity contribution in [3.63, 3.8) is 0 Å². The Kier molecular flexibility index (Phi) is 3.33. The van der Waals surface area contributed by atoms with Crippen molar-refractivity contribution in [2.75, 3.05) is 0 Å². The zero-order valence-electron chi connectivity index (χ0n) is 10.0. The van der Waals surface area contributed by atoms with E-state index in [2.05, 4.69) is 24.6 Å². The van der Waals surface area contributed by atoms with Crippen molar-refractivity contribution in [2.24, 2.45) is 17.6 Å². The summed E-state index contributed by atoms with van der Waals surface area (Å²) in [6.07, 6.45) is 5.91. The summed E-state index contributed by atoms with van der Waals surface area (Å²) in [5, 5.41) is 0. The number of hydrogen-bond acceptors (Lipinski definition) is 1. The van der Waals surface area contributed by atoms with Gasteiger partial charge in [0.2, 0.25) is 0 Å². The van der Waals surface area contributed by atoms with Gasteiger partial charge in [-0.05, 0) is 43.2 Å². The molecule has 0 saturated heterocycles. The van der Waals surface area contributed by atoms with Gasteiger partial charge in [-0.25, -0.2) is 0 Å². The van der Waals surface area contributed by atoms with Crippen LogP contribution in [0.15, 0.2) is 18.3 Å². The summed E-state index contributed by atoms with van der Waals surface area (Å²) in [5.74, 6) is 1.64. The Bertz CT molecular complexity index is 383. The highest BCUT2D eigenvalue weighted by molar-refractivity contribution is 7.80. The molecule has 16 heavy (non-hydrogen) atoms. The Balaban J connectivity index is 2.18. The van der Waals surface area contributed by atoms with E-state index in [1.807, 2.05) is 12.1 Å². The third kappa shape index (κ3) is 2.14. The second kappa shape index (κ2) is 4.58. The van der Waals surface area contributed by atoms with Gasteiger partial charge in [-0.2, -0.15) is 0 Å². The number of nitrogens with two attached hydrogens (primary N) is 1. The minimum Gasteiger partial charge on any atom is -0.388 e. The average molecular weight is 236 g/mol. The van der Waals surface area contributed by atoms with Gasteiger partial charge in [-0.15, -0.1) is 0 Å². The molecular weight excluding hydrogens is 216 g/mol. The minimum atomic E-state index is 0.510. The first kappa shape index (κ1) is 11.6. The van der Waals surface area contributed by atoms with E-state index in [1.54, 1.807) is 0 Å². The lowest BCUT2D eigenvalue weighted by molar-refractivity contribution is 0.210. The van der Waals surface area contributed by atoms with Crippen LogP contribution in [0.3, 0.4) is 0 Å². The van der Waals surface area contributed by atoms with Crippen LogP contribution in [-0.2, 0) is 0 Å². The number of rotatable bonds is 2. The van der Waals surface area contributed by atoms with E-state index in [1.165, 1.54) is 19.3 Å². The Morgan fingerprint density at radius 3 is 2.75 bits per heavy atom. The minimum absolute atomic E-state index is 0.510. The highest BCUT2D eigenvalue weighted by Gasteiger charge is 2.26. The Morgan fingerprint density at radius 2 is 2.12 bits per heavy atom. The van der Waals surface area contributed by atoms with E-state index in [-0.39, 0.29) is 0 Å². The molecule has 0 amide bonds. The van der Waals surface area contributed by atoms with Crippen LogP contribution < -0.4 is 5.73 Å². The van der Waals surface area contributed by atoms with Crippen LogP contribution in [0.25, 0.3) is 0 Å². The molecule has 1 aliphatic carbocycles. The summed E-state index contributed by atoms with van der Waals surface area (Å²) >= 11 is 5.08. The van der Waals surface area contributed by atoms with Crippen molar-refractivity contribution < 1.29 is 0 Å². The molecule has 3 heteroatoms. The maximum absolute atomic E-state index is 5.74. The molecule has 1 fully saturated rings. The van der Waals surface area contributed by atoms with Crippen molar-refractivity contribution in [3.05, 3.63) is 24.0 Å². The normalized spacial score (nSPS) is 30.2. The zero-order valence-corrected chi connectivity index (χ0v) is 10.8. The SMILES string of the molecule is CC1CCC(n2cccc2C(N)=S)CC1C. The molecule has 1 aromatic heterocycles. The summed E-state index contributed by atoms with van der Waals surface area (Å²) in [6, 6.07) is 4.64. The second-order valence-corrected chi connectivity index (χ2v) is 5.53. The fraction of sp³-hybridized carbons (Fsp3) is 0.615. The van der Waals surface area contributed by atoms with Gasteiger partial charge in [-0.3, -0.25) is 0 Å². The van der Waals surface area contributed by atoms with Gasteiger partial charge in [0.25, 0.3) is 0 Å². The summed E-state index contributed by atoms with van der Waals surface area (Å²) in [4.78, 5) is 0.510. The van der Waals surface area contributed by atoms with Gasteiger partial charge < -0.3 is 10.3 Å². The molecule has 88 valence electrons. The predicted molar refractivity (Wildman–Crippen MR) is 71.5 cm³/mol. The Labute approximate surface area is 103 Å². The van der Waals surface area contributed by atoms with E-state index in [0.717, 1.165) is 17.5 Å². The molecule has 2 N–H and O–H groups in total. The van der Waals surface area contributed by atoms with Crippen LogP contribution in [0.4, 0.5) is 0 Å². The molecule has 0 radical (unpaired) electrons. The fourth-order valence-corrected chi connectivity index (χ4v) is 2.87. The molecule has 0 spiro atoms. The molecule has 0 bridgehead atoms. The highest BCUT2D eigenvalue weighted by Crippen LogP contribution is 2.36. The topological polar surface area (TPSA) is 30.9 Å². The third-order valence-corrected chi connectivity index (χ3v) is 4.20. The van der Waals surface area contributed by atoms with Gasteiger partial charge in [0.1, 0.15) is 4.99 Å². The van der Waals surface area contributed by atoms with Crippen LogP contribution in [0.2, 0.25) is 0 Å². The lowest BCUT2D eigenvalue weighted by Gasteiger charge is -2.33. The van der Waals surface area contributed by atoms with Gasteiger partial charge in [-0.1, -0.05) is 26.1 Å². The van der Waals surface area contributed by atoms with Gasteiger partial charge in [0, 0.05) is 12.2 Å². The number of hydrogen-bond donors (Lipinski definition) is 1. The largest absolute Gasteiger partial charge is 0.388 e. The van der Waals surface area contributed by atoms with Crippen LogP contribution in [-0.4, -0.2) is 9.56 Å². The van der Waals surface area contributed by atoms with Crippen molar-refractivity contribution in [1.29, 1.82) is 0 Å². The summed E-state index contributed by atoms with van der Waals surface area (Å²) in [7, 11) is 0. The molecule has 0 aromatic carbocycles. The molecule has 3 unspecified atom stereocenters. The van der Waals surface area contributed by atoms with E-state index in [4.69, 9.17) is 18.0 Å². The number of aromatic nitrogens is 1. The lowest BCUT2D eigenvalue weighted by Crippen LogP contribution is -2.26. The van der Waals surface area contributed by atoms with Crippen LogP contribution in [0.1, 0.15) is 44.8 Å². The molecule has 3 atom stereocenters. The van der Waals surface area contributed by atoms with Crippen molar-refractivity contribution >= 4 is 17.2 Å². The van der Waals surface area contributed by atoms with E-state index in [0.29, 0.717) is 11.0 Å². The quantitative estimate of drug-likeness (QED) is 0.800. The fourth-order valence-electron chi connectivity index (χ4n) is 2.69. The predicted octanol–water partition coefficient (Wildman–Crippen LogP) is 3.12. The standard InChI is InChI=1S/C13H20N2S/c1-9-5-6-11(8-10(9)2)15-7-3-4-12(15)13(14)16/h3-4,7,9-11H,5-6,8H2,1-2H3,(H2,14,16). The van der Waals surface area contributed by atoms with Crippen molar-refractivity contribution in [1.82, 2.24) is 4.57 Å². The highest BCUT2D eigenvalue weighted by atomic mass is 32.1. The monoisotopic (exact) mass is 236 g/mol. The first-order valence-corrected chi connectivity index (χ1v) is 6.47. The molecule has 1 aliphatic rings. The molecule has 2 nitrogen and oxygen atoms in total. The van der Waals surface area contributed by atoms with Crippen LogP contribution >= 0.6 is 12.2 Å². The maximum Gasteiger partial charge on any atom is 0.120 e. The number of thiocarbonyl (C=S) groups is 1. The first-order valence-electron chi connectivity index (χ1n) is 6.06. The average Bonchev–Trinajstić information content (AvgIpc) is 2.71. The number of nitrogens with zero attached hydrogens (tertiary/aromatic N) is 1. The third-order valence-electron chi connectivity index (χ3n) is 4.00. The van der Waals surface area contributed by atoms with E-state index >= 15 is 0 Å². The van der Waals surface area contributed by atoms with Crippen LogP contribution in [0, 0.1) is 11.8 Å². The van der Waals surface area contributed by atoms with Crippen molar-refractivity contribution in [2.45, 2.75) is 39.2 Å². The van der Waals surface area contributed by atoms with E-state index in [9.17, 15) is 0 Å². The van der Waals surface area contributed by atoms with Gasteiger partial charge in [0.05, 0.1) is 5.69 Å². The molecule has 1 aromatic rings. The van der Waals surface area contributed by atoms with E-state index < -0.39 is 0 Å².